The summed E-state index contributed by atoms with van der Waals surface area (Å²) < 4.78 is 4.74. The molecule has 15 heavy (non-hydrogen) atoms. The van der Waals surface area contributed by atoms with Crippen molar-refractivity contribution in [1.29, 1.82) is 0 Å². The molecular weight excluding hydrogens is 218 g/mol. The van der Waals surface area contributed by atoms with Gasteiger partial charge in [0.2, 0.25) is 0 Å². The molecule has 1 atom stereocenters. The molecule has 0 bridgehead atoms. The lowest BCUT2D eigenvalue weighted by atomic mass is 9.99. The first-order valence-corrected chi connectivity index (χ1v) is 5.55. The summed E-state index contributed by atoms with van der Waals surface area (Å²) in [6.07, 6.45) is -0.237. The number of Topliss-reactive ketones (excluding diaryl/α,β-unsaturated/α-hetero) is 1. The van der Waals surface area contributed by atoms with E-state index in [1.54, 1.807) is 6.92 Å². The van der Waals surface area contributed by atoms with Crippen LogP contribution < -0.4 is 5.32 Å². The molecule has 0 fully saturated rings. The summed E-state index contributed by atoms with van der Waals surface area (Å²) >= 11 is 5.40. The summed E-state index contributed by atoms with van der Waals surface area (Å²) in [7, 11) is 0. The van der Waals surface area contributed by atoms with Gasteiger partial charge in [0.25, 0.3) is 0 Å². The number of nitrogens with one attached hydrogen (secondary N) is 1. The highest BCUT2D eigenvalue weighted by Crippen LogP contribution is 2.07. The number of amides is 1. The Morgan fingerprint density at radius 3 is 2.40 bits per heavy atom. The number of ketones is 1. The van der Waals surface area contributed by atoms with Crippen LogP contribution in [0.1, 0.15) is 27.2 Å². The van der Waals surface area contributed by atoms with E-state index in [-0.39, 0.29) is 30.0 Å². The van der Waals surface area contributed by atoms with Gasteiger partial charge < -0.3 is 10.1 Å². The van der Waals surface area contributed by atoms with Crippen LogP contribution in [0.3, 0.4) is 0 Å². The van der Waals surface area contributed by atoms with Gasteiger partial charge in [-0.15, -0.1) is 11.6 Å². The van der Waals surface area contributed by atoms with Crippen molar-refractivity contribution in [2.75, 3.05) is 12.5 Å². The van der Waals surface area contributed by atoms with E-state index in [9.17, 15) is 9.59 Å². The van der Waals surface area contributed by atoms with Crippen LogP contribution >= 0.6 is 11.6 Å². The summed E-state index contributed by atoms with van der Waals surface area (Å²) in [5, 5.41) is 2.64. The molecule has 0 spiro atoms. The number of halogens is 1. The zero-order chi connectivity index (χ0) is 11.8. The fraction of sp³-hybridized carbons (Fsp3) is 0.800. The Kier molecular flexibility index (Phi) is 7.13. The SMILES string of the molecule is CCOC(=O)NC(CC(=O)CCl)C(C)C. The third kappa shape index (κ3) is 6.33. The number of carbonyl (C=O) groups excluding carboxylic acids is 2. The van der Waals surface area contributed by atoms with Crippen molar-refractivity contribution in [2.24, 2.45) is 5.92 Å². The lowest BCUT2D eigenvalue weighted by molar-refractivity contribution is -0.117. The number of carbonyl (C=O) groups is 2. The van der Waals surface area contributed by atoms with Gasteiger partial charge >= 0.3 is 6.09 Å². The van der Waals surface area contributed by atoms with Gasteiger partial charge in [-0.05, 0) is 12.8 Å². The van der Waals surface area contributed by atoms with Crippen molar-refractivity contribution in [3.05, 3.63) is 0 Å². The largest absolute Gasteiger partial charge is 0.450 e. The highest BCUT2D eigenvalue weighted by molar-refractivity contribution is 6.27. The second-order valence-electron chi connectivity index (χ2n) is 3.59. The van der Waals surface area contributed by atoms with Gasteiger partial charge in [0.1, 0.15) is 5.78 Å². The quantitative estimate of drug-likeness (QED) is 0.716. The van der Waals surface area contributed by atoms with Gasteiger partial charge in [-0.25, -0.2) is 4.79 Å². The van der Waals surface area contributed by atoms with Crippen LogP contribution in [0.25, 0.3) is 0 Å². The first kappa shape index (κ1) is 14.2. The van der Waals surface area contributed by atoms with E-state index >= 15 is 0 Å². The molecule has 0 aromatic carbocycles. The van der Waals surface area contributed by atoms with Crippen molar-refractivity contribution in [3.8, 4) is 0 Å². The summed E-state index contributed by atoms with van der Waals surface area (Å²) in [6.45, 7) is 5.91. The van der Waals surface area contributed by atoms with E-state index in [4.69, 9.17) is 16.3 Å². The van der Waals surface area contributed by atoms with Gasteiger partial charge in [-0.1, -0.05) is 13.8 Å². The molecule has 0 saturated heterocycles. The van der Waals surface area contributed by atoms with Gasteiger partial charge in [0.15, 0.2) is 0 Å². The van der Waals surface area contributed by atoms with Crippen molar-refractivity contribution in [1.82, 2.24) is 5.32 Å². The molecule has 0 saturated carbocycles. The summed E-state index contributed by atoms with van der Waals surface area (Å²) in [4.78, 5) is 22.3. The lowest BCUT2D eigenvalue weighted by Crippen LogP contribution is -2.40. The van der Waals surface area contributed by atoms with E-state index in [1.165, 1.54) is 0 Å². The predicted octanol–water partition coefficient (Wildman–Crippen LogP) is 1.96. The minimum Gasteiger partial charge on any atom is -0.450 e. The molecule has 0 aliphatic carbocycles. The monoisotopic (exact) mass is 235 g/mol. The molecule has 0 aliphatic heterocycles. The Hall–Kier alpha value is -0.770. The average Bonchev–Trinajstić information content (AvgIpc) is 2.16. The maximum Gasteiger partial charge on any atom is 0.407 e. The highest BCUT2D eigenvalue weighted by atomic mass is 35.5. The zero-order valence-electron chi connectivity index (χ0n) is 9.38. The van der Waals surface area contributed by atoms with Crippen LogP contribution in [0.4, 0.5) is 4.79 Å². The maximum absolute atomic E-state index is 11.2. The number of rotatable bonds is 6. The second-order valence-corrected chi connectivity index (χ2v) is 3.86. The molecule has 0 radical (unpaired) electrons. The fourth-order valence-electron chi connectivity index (χ4n) is 1.08. The molecule has 0 rings (SSSR count). The molecule has 5 heteroatoms. The molecule has 0 aliphatic rings. The Labute approximate surface area is 95.3 Å². The van der Waals surface area contributed by atoms with Gasteiger partial charge in [0.05, 0.1) is 12.5 Å². The average molecular weight is 236 g/mol. The highest BCUT2D eigenvalue weighted by Gasteiger charge is 2.19. The Morgan fingerprint density at radius 1 is 1.40 bits per heavy atom. The first-order chi connectivity index (χ1) is 7.01. The van der Waals surface area contributed by atoms with Crippen LogP contribution in [0, 0.1) is 5.92 Å². The Balaban J connectivity index is 4.16. The van der Waals surface area contributed by atoms with E-state index < -0.39 is 6.09 Å². The summed E-state index contributed by atoms with van der Waals surface area (Å²) in [6, 6.07) is -0.213. The van der Waals surface area contributed by atoms with Crippen LogP contribution in [-0.2, 0) is 9.53 Å². The second kappa shape index (κ2) is 7.51. The van der Waals surface area contributed by atoms with E-state index in [0.717, 1.165) is 0 Å². The lowest BCUT2D eigenvalue weighted by Gasteiger charge is -2.20. The van der Waals surface area contributed by atoms with Crippen molar-refractivity contribution in [3.63, 3.8) is 0 Å². The normalized spacial score (nSPS) is 12.3. The Morgan fingerprint density at radius 2 is 2.00 bits per heavy atom. The van der Waals surface area contributed by atoms with Crippen LogP contribution in [0.15, 0.2) is 0 Å². The van der Waals surface area contributed by atoms with Crippen molar-refractivity contribution < 1.29 is 14.3 Å². The molecule has 0 aromatic rings. The van der Waals surface area contributed by atoms with Crippen LogP contribution in [-0.4, -0.2) is 30.4 Å². The molecule has 0 heterocycles. The predicted molar refractivity (Wildman–Crippen MR) is 59.1 cm³/mol. The number of alkyl carbamates (subject to hydrolysis) is 1. The van der Waals surface area contributed by atoms with E-state index in [1.807, 2.05) is 13.8 Å². The smallest absolute Gasteiger partial charge is 0.407 e. The Bertz CT molecular complexity index is 219. The number of alkyl halides is 1. The van der Waals surface area contributed by atoms with Crippen LogP contribution in [0.5, 0.6) is 0 Å². The van der Waals surface area contributed by atoms with Gasteiger partial charge in [0, 0.05) is 12.5 Å². The molecule has 1 unspecified atom stereocenters. The first-order valence-electron chi connectivity index (χ1n) is 5.02. The van der Waals surface area contributed by atoms with Crippen molar-refractivity contribution >= 4 is 23.5 Å². The standard InChI is InChI=1S/C10H18ClNO3/c1-4-15-10(14)12-9(7(2)3)5-8(13)6-11/h7,9H,4-6H2,1-3H3,(H,12,14). The minimum absolute atomic E-state index is 0.0201. The van der Waals surface area contributed by atoms with Crippen molar-refractivity contribution in [2.45, 2.75) is 33.2 Å². The topological polar surface area (TPSA) is 55.4 Å². The number of hydrogen-bond donors (Lipinski definition) is 1. The molecule has 1 amide bonds. The molecule has 4 nitrogen and oxygen atoms in total. The number of hydrogen-bond acceptors (Lipinski definition) is 3. The fourth-order valence-corrected chi connectivity index (χ4v) is 1.19. The molecular formula is C10H18ClNO3. The third-order valence-corrected chi connectivity index (χ3v) is 2.28. The molecule has 88 valence electrons. The van der Waals surface area contributed by atoms with E-state index in [2.05, 4.69) is 5.32 Å². The van der Waals surface area contributed by atoms with E-state index in [0.29, 0.717) is 6.61 Å². The minimum atomic E-state index is -0.487. The number of ether oxygens (including phenoxy) is 1. The zero-order valence-corrected chi connectivity index (χ0v) is 10.1. The summed E-state index contributed by atoms with van der Waals surface area (Å²) in [5.74, 6) is 0.0713. The molecule has 0 aromatic heterocycles. The van der Waals surface area contributed by atoms with Gasteiger partial charge in [-0.3, -0.25) is 4.79 Å². The maximum atomic E-state index is 11.2. The van der Waals surface area contributed by atoms with Crippen LogP contribution in [0.2, 0.25) is 0 Å². The van der Waals surface area contributed by atoms with Gasteiger partial charge in [-0.2, -0.15) is 0 Å². The summed E-state index contributed by atoms with van der Waals surface area (Å²) in [5.41, 5.74) is 0. The third-order valence-electron chi connectivity index (χ3n) is 1.98. The molecule has 1 N–H and O–H groups in total.